The van der Waals surface area contributed by atoms with E-state index in [2.05, 4.69) is 34.6 Å². The summed E-state index contributed by atoms with van der Waals surface area (Å²) in [6, 6.07) is 0. The Morgan fingerprint density at radius 2 is 0.475 bits per heavy atom. The maximum absolute atomic E-state index is 13.1. The fraction of sp³-hybridized carbons (Fsp3) is 0.951. The van der Waals surface area contributed by atoms with Crippen molar-refractivity contribution in [2.45, 2.75) is 457 Å². The number of ether oxygens (including phenoxy) is 4. The van der Waals surface area contributed by atoms with E-state index < -0.39 is 97.5 Å². The molecule has 0 spiro atoms. The molecule has 0 bridgehead atoms. The number of carbonyl (C=O) groups is 4. The minimum absolute atomic E-state index is 0.105. The number of unbranched alkanes of at least 4 members (excludes halogenated alkanes) is 53. The first-order chi connectivity index (χ1) is 49.1. The van der Waals surface area contributed by atoms with Crippen molar-refractivity contribution >= 4 is 39.5 Å². The molecular weight excluding hydrogens is 1320 g/mol. The third-order valence-electron chi connectivity index (χ3n) is 19.6. The van der Waals surface area contributed by atoms with E-state index >= 15 is 0 Å². The fourth-order valence-corrected chi connectivity index (χ4v) is 14.3. The van der Waals surface area contributed by atoms with Crippen LogP contribution in [0.4, 0.5) is 0 Å². The van der Waals surface area contributed by atoms with Gasteiger partial charge in [0.05, 0.1) is 26.4 Å². The van der Waals surface area contributed by atoms with Gasteiger partial charge in [0.2, 0.25) is 0 Å². The second-order valence-electron chi connectivity index (χ2n) is 29.8. The first kappa shape index (κ1) is 99.1. The molecule has 0 saturated carbocycles. The maximum atomic E-state index is 13.1. The monoisotopic (exact) mass is 1480 g/mol. The topological polar surface area (TPSA) is 237 Å². The molecule has 17 nitrogen and oxygen atoms in total. The summed E-state index contributed by atoms with van der Waals surface area (Å²) in [5.74, 6) is -1.34. The summed E-state index contributed by atoms with van der Waals surface area (Å²) >= 11 is 0. The van der Waals surface area contributed by atoms with Crippen LogP contribution in [0.25, 0.3) is 0 Å². The molecule has 101 heavy (non-hydrogen) atoms. The average Bonchev–Trinajstić information content (AvgIpc) is 0.972. The number of aliphatic hydroxyl groups is 1. The highest BCUT2D eigenvalue weighted by molar-refractivity contribution is 7.47. The molecule has 0 amide bonds. The van der Waals surface area contributed by atoms with E-state index in [-0.39, 0.29) is 25.7 Å². The molecule has 19 heteroatoms. The molecule has 0 aliphatic rings. The summed E-state index contributed by atoms with van der Waals surface area (Å²) in [6.45, 7) is 7.31. The Hall–Kier alpha value is -1.94. The normalized spacial score (nSPS) is 14.1. The second kappa shape index (κ2) is 74.9. The van der Waals surface area contributed by atoms with Gasteiger partial charge in [-0.1, -0.05) is 388 Å². The second-order valence-corrected chi connectivity index (χ2v) is 32.7. The van der Waals surface area contributed by atoms with Crippen LogP contribution < -0.4 is 0 Å². The summed E-state index contributed by atoms with van der Waals surface area (Å²) in [4.78, 5) is 73.0. The Morgan fingerprint density at radius 1 is 0.277 bits per heavy atom. The molecule has 0 aromatic carbocycles. The standard InChI is InChI=1S/C82H160O17P2/c1-6-10-13-16-19-22-24-26-28-30-32-33-34-35-37-39-41-43-46-52-57-62-67-81(86)98-77(72-93-80(85)66-61-56-51-45-42-40-38-36-31-29-27-25-23-20-17-14-11-7-2)73-96-100(88,89)94-69-76(83)70-95-101(90,91)97-74-78(71-92-79(84)65-60-55-50-44-21-18-15-12-8-3)99-82(87)68-63-58-53-48-47-49-54-59-64-75(5)9-4/h75-78,83H,6-74H2,1-5H3,(H,88,89)(H,90,91)/t75?,76-,77-,78-/m1/s1. The van der Waals surface area contributed by atoms with Gasteiger partial charge in [-0.2, -0.15) is 0 Å². The first-order valence-corrected chi connectivity index (χ1v) is 45.7. The first-order valence-electron chi connectivity index (χ1n) is 42.7. The molecule has 0 aliphatic heterocycles. The molecule has 0 rings (SSSR count). The van der Waals surface area contributed by atoms with E-state index in [0.29, 0.717) is 25.7 Å². The molecule has 0 saturated heterocycles. The quantitative estimate of drug-likeness (QED) is 0.0222. The Kier molecular flexibility index (Phi) is 73.5. The number of carbonyl (C=O) groups excluding carboxylic acids is 4. The Bertz CT molecular complexity index is 1930. The zero-order valence-electron chi connectivity index (χ0n) is 66.1. The summed E-state index contributed by atoms with van der Waals surface area (Å²) in [6.07, 6.45) is 66.8. The van der Waals surface area contributed by atoms with Crippen molar-refractivity contribution in [3.05, 3.63) is 0 Å². The van der Waals surface area contributed by atoms with Gasteiger partial charge in [0.25, 0.3) is 0 Å². The van der Waals surface area contributed by atoms with Crippen LogP contribution in [0.1, 0.15) is 439 Å². The molecule has 0 fully saturated rings. The smallest absolute Gasteiger partial charge is 0.462 e. The van der Waals surface area contributed by atoms with Crippen molar-refractivity contribution in [1.29, 1.82) is 0 Å². The van der Waals surface area contributed by atoms with Crippen molar-refractivity contribution in [3.63, 3.8) is 0 Å². The SMILES string of the molecule is CCCCCCCCCCCCCCCCCCCCCCCCC(=O)O[C@H](COC(=O)CCCCCCCCCCCCCCCCCCCC)COP(=O)(O)OC[C@@H](O)COP(=O)(O)OC[C@@H](COC(=O)CCCCCCCCCCC)OC(=O)CCCCCCCCCCC(C)CC. The van der Waals surface area contributed by atoms with Crippen LogP contribution in [0.2, 0.25) is 0 Å². The minimum atomic E-state index is -4.96. The van der Waals surface area contributed by atoms with Crippen molar-refractivity contribution < 1.29 is 80.2 Å². The van der Waals surface area contributed by atoms with Gasteiger partial charge in [0.1, 0.15) is 19.3 Å². The van der Waals surface area contributed by atoms with Gasteiger partial charge in [0.15, 0.2) is 12.2 Å². The van der Waals surface area contributed by atoms with Gasteiger partial charge in [0, 0.05) is 25.7 Å². The third kappa shape index (κ3) is 74.7. The van der Waals surface area contributed by atoms with Crippen molar-refractivity contribution in [2.75, 3.05) is 39.6 Å². The lowest BCUT2D eigenvalue weighted by Crippen LogP contribution is -2.30. The Labute approximate surface area is 619 Å². The zero-order chi connectivity index (χ0) is 74.1. The predicted molar refractivity (Wildman–Crippen MR) is 414 cm³/mol. The zero-order valence-corrected chi connectivity index (χ0v) is 67.8. The maximum Gasteiger partial charge on any atom is 0.472 e. The number of aliphatic hydroxyl groups excluding tert-OH is 1. The largest absolute Gasteiger partial charge is 0.472 e. The van der Waals surface area contributed by atoms with Gasteiger partial charge in [-0.3, -0.25) is 37.3 Å². The van der Waals surface area contributed by atoms with Crippen LogP contribution in [-0.4, -0.2) is 96.7 Å². The summed E-state index contributed by atoms with van der Waals surface area (Å²) in [5.41, 5.74) is 0. The lowest BCUT2D eigenvalue weighted by Gasteiger charge is -2.21. The van der Waals surface area contributed by atoms with E-state index in [4.69, 9.17) is 37.0 Å². The van der Waals surface area contributed by atoms with Gasteiger partial charge < -0.3 is 33.8 Å². The number of rotatable bonds is 82. The lowest BCUT2D eigenvalue weighted by molar-refractivity contribution is -0.161. The van der Waals surface area contributed by atoms with E-state index in [1.807, 2.05) is 0 Å². The molecule has 0 aromatic rings. The Morgan fingerprint density at radius 3 is 0.703 bits per heavy atom. The minimum Gasteiger partial charge on any atom is -0.462 e. The fourth-order valence-electron chi connectivity index (χ4n) is 12.7. The van der Waals surface area contributed by atoms with Gasteiger partial charge >= 0.3 is 39.5 Å². The van der Waals surface area contributed by atoms with Crippen LogP contribution in [0, 0.1) is 5.92 Å². The van der Waals surface area contributed by atoms with Gasteiger partial charge in [-0.25, -0.2) is 9.13 Å². The van der Waals surface area contributed by atoms with Crippen molar-refractivity contribution in [1.82, 2.24) is 0 Å². The number of hydrogen-bond acceptors (Lipinski definition) is 15. The number of hydrogen-bond donors (Lipinski definition) is 3. The summed E-state index contributed by atoms with van der Waals surface area (Å²) < 4.78 is 68.7. The van der Waals surface area contributed by atoms with Gasteiger partial charge in [-0.05, 0) is 31.6 Å². The number of phosphoric ester groups is 2. The van der Waals surface area contributed by atoms with E-state index in [0.717, 1.165) is 95.8 Å². The Balaban J connectivity index is 5.19. The molecule has 0 radical (unpaired) electrons. The van der Waals surface area contributed by atoms with Crippen LogP contribution in [0.3, 0.4) is 0 Å². The molecule has 600 valence electrons. The average molecular weight is 1480 g/mol. The lowest BCUT2D eigenvalue weighted by atomic mass is 9.99. The van der Waals surface area contributed by atoms with E-state index in [1.54, 1.807) is 0 Å². The molecular formula is C82H160O17P2. The predicted octanol–water partition coefficient (Wildman–Crippen LogP) is 24.8. The molecule has 3 unspecified atom stereocenters. The van der Waals surface area contributed by atoms with E-state index in [1.165, 1.54) is 263 Å². The molecule has 0 heterocycles. The molecule has 0 aromatic heterocycles. The molecule has 6 atom stereocenters. The highest BCUT2D eigenvalue weighted by Gasteiger charge is 2.30. The van der Waals surface area contributed by atoms with E-state index in [9.17, 15) is 43.2 Å². The van der Waals surface area contributed by atoms with Crippen LogP contribution >= 0.6 is 15.6 Å². The summed E-state index contributed by atoms with van der Waals surface area (Å²) in [5, 5.41) is 10.6. The van der Waals surface area contributed by atoms with Gasteiger partial charge in [-0.15, -0.1) is 0 Å². The highest BCUT2D eigenvalue weighted by atomic mass is 31.2. The van der Waals surface area contributed by atoms with Crippen LogP contribution in [-0.2, 0) is 65.4 Å². The van der Waals surface area contributed by atoms with Crippen LogP contribution in [0.15, 0.2) is 0 Å². The van der Waals surface area contributed by atoms with Crippen LogP contribution in [0.5, 0.6) is 0 Å². The van der Waals surface area contributed by atoms with Crippen molar-refractivity contribution in [2.24, 2.45) is 5.92 Å². The number of esters is 4. The van der Waals surface area contributed by atoms with Crippen molar-refractivity contribution in [3.8, 4) is 0 Å². The highest BCUT2D eigenvalue weighted by Crippen LogP contribution is 2.45. The summed E-state index contributed by atoms with van der Waals surface area (Å²) in [7, 11) is -9.92. The molecule has 0 aliphatic carbocycles. The number of phosphoric acid groups is 2. The molecule has 3 N–H and O–H groups in total. The third-order valence-corrected chi connectivity index (χ3v) is 21.5.